The van der Waals surface area contributed by atoms with Gasteiger partial charge in [-0.15, -0.1) is 0 Å². The summed E-state index contributed by atoms with van der Waals surface area (Å²) in [6.07, 6.45) is -4.19. The molecule has 0 aromatic carbocycles. The van der Waals surface area contributed by atoms with E-state index in [-0.39, 0.29) is 0 Å². The molecule has 0 spiro atoms. The zero-order valence-corrected chi connectivity index (χ0v) is 17.0. The molecule has 16 heteroatoms. The predicted molar refractivity (Wildman–Crippen MR) is 93.3 cm³/mol. The van der Waals surface area contributed by atoms with E-state index in [2.05, 4.69) is 4.98 Å². The van der Waals surface area contributed by atoms with Crippen LogP contribution in [-0.2, 0) is 17.1 Å². The van der Waals surface area contributed by atoms with Crippen molar-refractivity contribution in [2.45, 2.75) is 24.0 Å². The molecule has 2 rings (SSSR count). The highest BCUT2D eigenvalue weighted by atomic mass is 35.5. The number of nitrogens with one attached hydrogen (secondary N) is 2. The maximum atomic E-state index is 13.8. The molecule has 7 nitrogen and oxygen atoms in total. The van der Waals surface area contributed by atoms with E-state index in [0.29, 0.717) is 13.1 Å². The standard InChI is InChI=1S/C14H10Cl2F6N4O3S/c1-4(14(20,21)22)25-30(28,29)5-3-26(2)10(6(5)15)13(27)23-9-7(16)11(18)24-12(19)8(9)17/h3-4,25H,1-2H3,(H,23,24,27). The molecule has 1 unspecified atom stereocenters. The lowest BCUT2D eigenvalue weighted by atomic mass is 10.3. The fourth-order valence-electron chi connectivity index (χ4n) is 2.15. The van der Waals surface area contributed by atoms with Crippen LogP contribution in [0.2, 0.25) is 10.0 Å². The lowest BCUT2D eigenvalue weighted by Gasteiger charge is -2.16. The number of aromatic nitrogens is 2. The van der Waals surface area contributed by atoms with E-state index in [0.717, 1.165) is 11.6 Å². The summed E-state index contributed by atoms with van der Waals surface area (Å²) in [7, 11) is -3.75. The van der Waals surface area contributed by atoms with Gasteiger partial charge in [-0.1, -0.05) is 23.2 Å². The van der Waals surface area contributed by atoms with E-state index in [1.165, 1.54) is 4.72 Å². The topological polar surface area (TPSA) is 93.1 Å². The third kappa shape index (κ3) is 4.66. The number of amides is 1. The first-order valence-corrected chi connectivity index (χ1v) is 9.77. The molecule has 0 bridgehead atoms. The van der Waals surface area contributed by atoms with Gasteiger partial charge < -0.3 is 9.88 Å². The molecule has 0 fully saturated rings. The highest BCUT2D eigenvalue weighted by Gasteiger charge is 2.40. The summed E-state index contributed by atoms with van der Waals surface area (Å²) < 4.78 is 105. The summed E-state index contributed by atoms with van der Waals surface area (Å²) >= 11 is 11.3. The maximum absolute atomic E-state index is 13.8. The molecule has 1 amide bonds. The van der Waals surface area contributed by atoms with Gasteiger partial charge >= 0.3 is 6.18 Å². The molecule has 0 saturated heterocycles. The quantitative estimate of drug-likeness (QED) is 0.486. The molecule has 0 radical (unpaired) electrons. The molecule has 2 aromatic heterocycles. The van der Waals surface area contributed by atoms with Crippen LogP contribution < -0.4 is 10.0 Å². The number of carbonyl (C=O) groups is 1. The van der Waals surface area contributed by atoms with Gasteiger partial charge in [-0.25, -0.2) is 8.42 Å². The fraction of sp³-hybridized carbons (Fsp3) is 0.286. The number of hydrogen-bond donors (Lipinski definition) is 2. The zero-order valence-electron chi connectivity index (χ0n) is 14.7. The SMILES string of the molecule is CC(NS(=O)(=O)c1cn(C)c(C(=O)Nc2c(F)c(F)nc(F)c2Cl)c1Cl)C(F)(F)F. The van der Waals surface area contributed by atoms with Crippen molar-refractivity contribution in [3.05, 3.63) is 39.6 Å². The van der Waals surface area contributed by atoms with Gasteiger partial charge in [0.05, 0.1) is 5.02 Å². The molecule has 2 heterocycles. The van der Waals surface area contributed by atoms with Crippen LogP contribution >= 0.6 is 23.2 Å². The minimum atomic E-state index is -4.90. The second-order valence-corrected chi connectivity index (χ2v) is 8.24. The lowest BCUT2D eigenvalue weighted by Crippen LogP contribution is -2.42. The van der Waals surface area contributed by atoms with Gasteiger partial charge in [0, 0.05) is 13.2 Å². The number of carbonyl (C=O) groups excluding carboxylic acids is 1. The van der Waals surface area contributed by atoms with Crippen molar-refractivity contribution < 1.29 is 39.6 Å². The number of pyridine rings is 1. The van der Waals surface area contributed by atoms with E-state index in [1.807, 2.05) is 0 Å². The second kappa shape index (κ2) is 8.24. The Morgan fingerprint density at radius 1 is 1.17 bits per heavy atom. The summed E-state index contributed by atoms with van der Waals surface area (Å²) in [6, 6.07) is -2.48. The zero-order chi connectivity index (χ0) is 23.2. The molecular weight excluding hydrogens is 489 g/mol. The molecule has 0 aliphatic rings. The Balaban J connectivity index is 2.45. The first-order chi connectivity index (χ1) is 13.6. The van der Waals surface area contributed by atoms with E-state index in [1.54, 1.807) is 5.32 Å². The summed E-state index contributed by atoms with van der Waals surface area (Å²) in [5.74, 6) is -6.73. The monoisotopic (exact) mass is 498 g/mol. The van der Waals surface area contributed by atoms with Crippen LogP contribution in [0.5, 0.6) is 0 Å². The third-order valence-corrected chi connectivity index (χ3v) is 6.04. The van der Waals surface area contributed by atoms with Crippen molar-refractivity contribution >= 4 is 44.8 Å². The summed E-state index contributed by atoms with van der Waals surface area (Å²) in [5, 5.41) is -0.191. The Morgan fingerprint density at radius 3 is 2.27 bits per heavy atom. The number of anilines is 1. The molecule has 0 saturated carbocycles. The Morgan fingerprint density at radius 2 is 1.73 bits per heavy atom. The maximum Gasteiger partial charge on any atom is 0.404 e. The van der Waals surface area contributed by atoms with Crippen molar-refractivity contribution in [1.29, 1.82) is 0 Å². The van der Waals surface area contributed by atoms with Crippen molar-refractivity contribution in [2.75, 3.05) is 5.32 Å². The first-order valence-electron chi connectivity index (χ1n) is 7.53. The summed E-state index contributed by atoms with van der Waals surface area (Å²) in [4.78, 5) is 14.0. The highest BCUT2D eigenvalue weighted by molar-refractivity contribution is 7.89. The number of aryl methyl sites for hydroxylation is 1. The van der Waals surface area contributed by atoms with Gasteiger partial charge in [0.15, 0.2) is 0 Å². The van der Waals surface area contributed by atoms with Crippen LogP contribution in [0.1, 0.15) is 17.4 Å². The van der Waals surface area contributed by atoms with Crippen LogP contribution in [0.3, 0.4) is 0 Å². The largest absolute Gasteiger partial charge is 0.404 e. The predicted octanol–water partition coefficient (Wildman–Crippen LogP) is 3.63. The van der Waals surface area contributed by atoms with E-state index < -0.39 is 72.2 Å². The first kappa shape index (κ1) is 24.2. The Labute approximate surface area is 175 Å². The number of hydrogen-bond acceptors (Lipinski definition) is 4. The fourth-order valence-corrected chi connectivity index (χ4v) is 4.25. The molecule has 2 N–H and O–H groups in total. The number of alkyl halides is 3. The van der Waals surface area contributed by atoms with Crippen LogP contribution in [0.25, 0.3) is 0 Å². The van der Waals surface area contributed by atoms with Crippen LogP contribution in [0, 0.1) is 17.7 Å². The van der Waals surface area contributed by atoms with Crippen LogP contribution in [-0.4, -0.2) is 36.1 Å². The second-order valence-electron chi connectivity index (χ2n) is 5.80. The Kier molecular flexibility index (Phi) is 6.66. The van der Waals surface area contributed by atoms with Gasteiger partial charge in [-0.2, -0.15) is 36.0 Å². The molecule has 1 atom stereocenters. The van der Waals surface area contributed by atoms with Gasteiger partial charge in [0.2, 0.25) is 21.8 Å². The molecular formula is C14H10Cl2F6N4O3S. The smallest absolute Gasteiger partial charge is 0.344 e. The van der Waals surface area contributed by atoms with Crippen molar-refractivity contribution in [2.24, 2.45) is 7.05 Å². The lowest BCUT2D eigenvalue weighted by molar-refractivity contribution is -0.147. The normalized spacial score (nSPS) is 13.4. The average Bonchev–Trinajstić information content (AvgIpc) is 2.91. The van der Waals surface area contributed by atoms with E-state index in [4.69, 9.17) is 23.2 Å². The Bertz CT molecular complexity index is 1090. The summed E-state index contributed by atoms with van der Waals surface area (Å²) in [5.41, 5.74) is -1.82. The van der Waals surface area contributed by atoms with Gasteiger partial charge in [-0.3, -0.25) is 4.79 Å². The molecule has 2 aromatic rings. The minimum Gasteiger partial charge on any atom is -0.344 e. The molecule has 0 aliphatic heterocycles. The molecule has 166 valence electrons. The Hall–Kier alpha value is -2.03. The number of rotatable bonds is 5. The number of nitrogens with zero attached hydrogens (tertiary/aromatic N) is 2. The van der Waals surface area contributed by atoms with Crippen molar-refractivity contribution in [1.82, 2.24) is 14.3 Å². The highest BCUT2D eigenvalue weighted by Crippen LogP contribution is 2.32. The molecule has 0 aliphatic carbocycles. The van der Waals surface area contributed by atoms with Gasteiger partial charge in [0.1, 0.15) is 27.3 Å². The van der Waals surface area contributed by atoms with Crippen LogP contribution in [0.15, 0.2) is 11.1 Å². The van der Waals surface area contributed by atoms with Gasteiger partial charge in [0.25, 0.3) is 11.9 Å². The van der Waals surface area contributed by atoms with Crippen LogP contribution in [0.4, 0.5) is 32.0 Å². The number of sulfonamides is 1. The van der Waals surface area contributed by atoms with Crippen molar-refractivity contribution in [3.8, 4) is 0 Å². The minimum absolute atomic E-state index is 0.541. The number of halogens is 8. The van der Waals surface area contributed by atoms with E-state index in [9.17, 15) is 39.6 Å². The average molecular weight is 499 g/mol. The third-order valence-electron chi connectivity index (χ3n) is 3.65. The van der Waals surface area contributed by atoms with Gasteiger partial charge in [-0.05, 0) is 6.92 Å². The molecule has 30 heavy (non-hydrogen) atoms. The van der Waals surface area contributed by atoms with Crippen molar-refractivity contribution in [3.63, 3.8) is 0 Å². The summed E-state index contributed by atoms with van der Waals surface area (Å²) in [6.45, 7) is 0.541. The van der Waals surface area contributed by atoms with E-state index >= 15 is 0 Å².